The van der Waals surface area contributed by atoms with E-state index in [2.05, 4.69) is 21.6 Å². The molecule has 0 fully saturated rings. The molecule has 152 valence electrons. The van der Waals surface area contributed by atoms with Crippen LogP contribution in [0.1, 0.15) is 0 Å². The molecule has 1 heterocycles. The molecule has 1 amide bonds. The number of carbonyl (C=O) groups is 1. The van der Waals surface area contributed by atoms with Gasteiger partial charge in [0.15, 0.2) is 11.0 Å². The smallest absolute Gasteiger partial charge is 0.234 e. The van der Waals surface area contributed by atoms with E-state index in [0.29, 0.717) is 21.6 Å². The molecule has 29 heavy (non-hydrogen) atoms. The first-order valence-corrected chi connectivity index (χ1v) is 10.2. The molecule has 0 radical (unpaired) electrons. The van der Waals surface area contributed by atoms with Gasteiger partial charge in [-0.3, -0.25) is 4.79 Å². The van der Waals surface area contributed by atoms with Gasteiger partial charge in [-0.05, 0) is 30.3 Å². The summed E-state index contributed by atoms with van der Waals surface area (Å²) >= 11 is 7.32. The Morgan fingerprint density at radius 1 is 1.24 bits per heavy atom. The first kappa shape index (κ1) is 21.0. The van der Waals surface area contributed by atoms with Crippen LogP contribution in [0.15, 0.2) is 47.6 Å². The lowest BCUT2D eigenvalue weighted by Crippen LogP contribution is -2.15. The number of amides is 1. The highest BCUT2D eigenvalue weighted by Gasteiger charge is 2.15. The first-order chi connectivity index (χ1) is 13.9. The summed E-state index contributed by atoms with van der Waals surface area (Å²) in [5.41, 5.74) is 2.57. The maximum atomic E-state index is 12.4. The second-order valence-electron chi connectivity index (χ2n) is 6.49. The lowest BCUT2D eigenvalue weighted by atomic mass is 10.2. The quantitative estimate of drug-likeness (QED) is 0.571. The van der Waals surface area contributed by atoms with Crippen LogP contribution in [-0.4, -0.2) is 47.6 Å². The SMILES string of the molecule is COc1ccc(Cl)cc1NC(=O)CSc1nnc(-c2cccc(N(C)C)c2)n1C. The topological polar surface area (TPSA) is 72.3 Å². The second-order valence-corrected chi connectivity index (χ2v) is 7.87. The fourth-order valence-corrected chi connectivity index (χ4v) is 3.59. The zero-order valence-electron chi connectivity index (χ0n) is 16.6. The summed E-state index contributed by atoms with van der Waals surface area (Å²) in [6.45, 7) is 0. The Morgan fingerprint density at radius 2 is 2.03 bits per heavy atom. The molecule has 0 atom stereocenters. The number of nitrogens with zero attached hydrogens (tertiary/aromatic N) is 4. The zero-order valence-corrected chi connectivity index (χ0v) is 18.2. The number of carbonyl (C=O) groups excluding carboxylic acids is 1. The molecule has 0 aliphatic carbocycles. The van der Waals surface area contributed by atoms with Crippen molar-refractivity contribution in [2.75, 3.05) is 37.2 Å². The molecule has 0 bridgehead atoms. The standard InChI is InChI=1S/C20H22ClN5O2S/c1-25(2)15-7-5-6-13(10-15)19-23-24-20(26(19)3)29-12-18(27)22-16-11-14(21)8-9-17(16)28-4/h5-11H,12H2,1-4H3,(H,22,27). The molecule has 0 saturated heterocycles. The van der Waals surface area contributed by atoms with E-state index in [0.717, 1.165) is 17.1 Å². The van der Waals surface area contributed by atoms with E-state index in [1.165, 1.54) is 11.8 Å². The Morgan fingerprint density at radius 3 is 2.76 bits per heavy atom. The van der Waals surface area contributed by atoms with E-state index >= 15 is 0 Å². The van der Waals surface area contributed by atoms with Gasteiger partial charge in [0.2, 0.25) is 5.91 Å². The van der Waals surface area contributed by atoms with Gasteiger partial charge in [-0.2, -0.15) is 0 Å². The highest BCUT2D eigenvalue weighted by atomic mass is 35.5. The average Bonchev–Trinajstić information content (AvgIpc) is 3.07. The third-order valence-corrected chi connectivity index (χ3v) is 5.48. The fraction of sp³-hybridized carbons (Fsp3) is 0.250. The van der Waals surface area contributed by atoms with Crippen molar-refractivity contribution in [3.63, 3.8) is 0 Å². The monoisotopic (exact) mass is 431 g/mol. The van der Waals surface area contributed by atoms with Gasteiger partial charge in [0.25, 0.3) is 0 Å². The maximum absolute atomic E-state index is 12.4. The van der Waals surface area contributed by atoms with Crippen LogP contribution in [0, 0.1) is 0 Å². The van der Waals surface area contributed by atoms with E-state index in [1.54, 1.807) is 25.3 Å². The molecule has 2 aromatic carbocycles. The van der Waals surface area contributed by atoms with Crippen LogP contribution in [0.2, 0.25) is 5.02 Å². The van der Waals surface area contributed by atoms with E-state index in [4.69, 9.17) is 16.3 Å². The maximum Gasteiger partial charge on any atom is 0.234 e. The average molecular weight is 432 g/mol. The van der Waals surface area contributed by atoms with Gasteiger partial charge < -0.3 is 19.5 Å². The number of hydrogen-bond acceptors (Lipinski definition) is 6. The molecule has 0 unspecified atom stereocenters. The van der Waals surface area contributed by atoms with Gasteiger partial charge in [0.05, 0.1) is 18.6 Å². The van der Waals surface area contributed by atoms with Gasteiger partial charge in [0, 0.05) is 37.4 Å². The van der Waals surface area contributed by atoms with Crippen molar-refractivity contribution in [3.05, 3.63) is 47.5 Å². The van der Waals surface area contributed by atoms with Crippen LogP contribution in [0.4, 0.5) is 11.4 Å². The molecule has 0 aliphatic heterocycles. The Balaban J connectivity index is 1.69. The van der Waals surface area contributed by atoms with Crippen molar-refractivity contribution in [1.82, 2.24) is 14.8 Å². The number of halogens is 1. The highest BCUT2D eigenvalue weighted by molar-refractivity contribution is 7.99. The Labute approximate surface area is 179 Å². The van der Waals surface area contributed by atoms with Crippen LogP contribution in [0.3, 0.4) is 0 Å². The molecular formula is C20H22ClN5O2S. The van der Waals surface area contributed by atoms with Crippen LogP contribution in [0.25, 0.3) is 11.4 Å². The van der Waals surface area contributed by atoms with Gasteiger partial charge in [0.1, 0.15) is 5.75 Å². The summed E-state index contributed by atoms with van der Waals surface area (Å²) in [6.07, 6.45) is 0. The highest BCUT2D eigenvalue weighted by Crippen LogP contribution is 2.29. The minimum absolute atomic E-state index is 0.180. The fourth-order valence-electron chi connectivity index (χ4n) is 2.71. The minimum atomic E-state index is -0.185. The van der Waals surface area contributed by atoms with Crippen molar-refractivity contribution in [3.8, 4) is 17.1 Å². The molecule has 0 saturated carbocycles. The van der Waals surface area contributed by atoms with Crippen molar-refractivity contribution < 1.29 is 9.53 Å². The van der Waals surface area contributed by atoms with Gasteiger partial charge in [-0.15, -0.1) is 10.2 Å². The van der Waals surface area contributed by atoms with E-state index in [1.807, 2.05) is 48.8 Å². The normalized spacial score (nSPS) is 10.7. The lowest BCUT2D eigenvalue weighted by Gasteiger charge is -2.13. The Hall–Kier alpha value is -2.71. The van der Waals surface area contributed by atoms with Crippen molar-refractivity contribution in [1.29, 1.82) is 0 Å². The number of aromatic nitrogens is 3. The second kappa shape index (κ2) is 9.19. The molecule has 1 aromatic heterocycles. The van der Waals surface area contributed by atoms with Gasteiger partial charge in [-0.1, -0.05) is 35.5 Å². The number of ether oxygens (including phenoxy) is 1. The molecule has 3 aromatic rings. The summed E-state index contributed by atoms with van der Waals surface area (Å²) in [4.78, 5) is 14.4. The number of benzene rings is 2. The van der Waals surface area contributed by atoms with E-state index in [9.17, 15) is 4.79 Å². The molecule has 3 rings (SSSR count). The van der Waals surface area contributed by atoms with Gasteiger partial charge in [-0.25, -0.2) is 0 Å². The molecule has 1 N–H and O–H groups in total. The predicted octanol–water partition coefficient (Wildman–Crippen LogP) is 3.94. The number of anilines is 2. The number of rotatable bonds is 7. The van der Waals surface area contributed by atoms with Crippen molar-refractivity contribution >= 4 is 40.6 Å². The minimum Gasteiger partial charge on any atom is -0.495 e. The van der Waals surface area contributed by atoms with Crippen molar-refractivity contribution in [2.45, 2.75) is 5.16 Å². The lowest BCUT2D eigenvalue weighted by molar-refractivity contribution is -0.113. The third-order valence-electron chi connectivity index (χ3n) is 4.22. The number of methoxy groups -OCH3 is 1. The summed E-state index contributed by atoms with van der Waals surface area (Å²) in [6, 6.07) is 13.1. The Kier molecular flexibility index (Phi) is 6.66. The zero-order chi connectivity index (χ0) is 21.0. The van der Waals surface area contributed by atoms with Crippen LogP contribution < -0.4 is 15.0 Å². The molecule has 0 spiro atoms. The molecule has 9 heteroatoms. The van der Waals surface area contributed by atoms with Gasteiger partial charge >= 0.3 is 0 Å². The van der Waals surface area contributed by atoms with Crippen LogP contribution >= 0.6 is 23.4 Å². The summed E-state index contributed by atoms with van der Waals surface area (Å²) in [5, 5.41) is 12.5. The molecule has 0 aliphatic rings. The molecular weight excluding hydrogens is 410 g/mol. The van der Waals surface area contributed by atoms with Crippen molar-refractivity contribution in [2.24, 2.45) is 7.05 Å². The van der Waals surface area contributed by atoms with E-state index < -0.39 is 0 Å². The van der Waals surface area contributed by atoms with E-state index in [-0.39, 0.29) is 11.7 Å². The largest absolute Gasteiger partial charge is 0.495 e. The Bertz CT molecular complexity index is 1020. The first-order valence-electron chi connectivity index (χ1n) is 8.82. The summed E-state index contributed by atoms with van der Waals surface area (Å²) in [5.74, 6) is 1.29. The predicted molar refractivity (Wildman–Crippen MR) is 118 cm³/mol. The summed E-state index contributed by atoms with van der Waals surface area (Å²) < 4.78 is 7.13. The number of hydrogen-bond donors (Lipinski definition) is 1. The molecule has 7 nitrogen and oxygen atoms in total. The van der Waals surface area contributed by atoms with Crippen LogP contribution in [0.5, 0.6) is 5.75 Å². The number of thioether (sulfide) groups is 1. The third kappa shape index (κ3) is 5.02. The summed E-state index contributed by atoms with van der Waals surface area (Å²) in [7, 11) is 7.41. The number of nitrogens with one attached hydrogen (secondary N) is 1. The van der Waals surface area contributed by atoms with Crippen LogP contribution in [-0.2, 0) is 11.8 Å².